The first-order chi connectivity index (χ1) is 5.74. The Bertz CT molecular complexity index is 176. The first-order valence-electron chi connectivity index (χ1n) is 4.26. The van der Waals surface area contributed by atoms with Gasteiger partial charge in [-0.1, -0.05) is 0 Å². The maximum atomic E-state index is 10.6. The van der Waals surface area contributed by atoms with E-state index in [4.69, 9.17) is 5.11 Å². The standard InChI is InChI=1S/C8H13NO2S/c10-8(11)7-3-1-6(2-4-7)5-9-12/h6-7H,1-5H2,(H,10,11). The zero-order chi connectivity index (χ0) is 8.97. The van der Waals surface area contributed by atoms with E-state index in [1.54, 1.807) is 0 Å². The van der Waals surface area contributed by atoms with E-state index < -0.39 is 5.97 Å². The topological polar surface area (TPSA) is 49.7 Å². The summed E-state index contributed by atoms with van der Waals surface area (Å²) in [7, 11) is 0. The molecule has 0 spiro atoms. The lowest BCUT2D eigenvalue weighted by molar-refractivity contribution is -0.143. The van der Waals surface area contributed by atoms with Gasteiger partial charge in [0.05, 0.1) is 12.5 Å². The van der Waals surface area contributed by atoms with Crippen molar-refractivity contribution in [2.45, 2.75) is 25.7 Å². The first-order valence-corrected chi connectivity index (χ1v) is 4.62. The van der Waals surface area contributed by atoms with Crippen LogP contribution in [0.3, 0.4) is 0 Å². The van der Waals surface area contributed by atoms with Crippen LogP contribution < -0.4 is 0 Å². The highest BCUT2D eigenvalue weighted by molar-refractivity contribution is 7.47. The minimum absolute atomic E-state index is 0.119. The lowest BCUT2D eigenvalue weighted by atomic mass is 9.82. The van der Waals surface area contributed by atoms with E-state index >= 15 is 0 Å². The fourth-order valence-corrected chi connectivity index (χ4v) is 1.91. The van der Waals surface area contributed by atoms with Crippen molar-refractivity contribution in [1.82, 2.24) is 0 Å². The van der Waals surface area contributed by atoms with Crippen LogP contribution in [-0.4, -0.2) is 17.6 Å². The fraction of sp³-hybridized carbons (Fsp3) is 0.875. The highest BCUT2D eigenvalue weighted by Gasteiger charge is 2.25. The molecule has 4 heteroatoms. The van der Waals surface area contributed by atoms with E-state index in [2.05, 4.69) is 16.8 Å². The van der Waals surface area contributed by atoms with E-state index in [-0.39, 0.29) is 5.92 Å². The number of nitrogens with zero attached hydrogens (tertiary/aromatic N) is 1. The molecule has 3 nitrogen and oxygen atoms in total. The van der Waals surface area contributed by atoms with E-state index in [1.807, 2.05) is 0 Å². The minimum atomic E-state index is -0.649. The number of carbonyl (C=O) groups is 1. The summed E-state index contributed by atoms with van der Waals surface area (Å²) in [6.45, 7) is 0.724. The Morgan fingerprint density at radius 3 is 2.42 bits per heavy atom. The van der Waals surface area contributed by atoms with Gasteiger partial charge >= 0.3 is 5.97 Å². The summed E-state index contributed by atoms with van der Waals surface area (Å²) in [5.41, 5.74) is 0. The normalized spacial score (nSPS) is 29.7. The van der Waals surface area contributed by atoms with Crippen molar-refractivity contribution >= 4 is 18.4 Å². The zero-order valence-corrected chi connectivity index (χ0v) is 7.72. The highest BCUT2D eigenvalue weighted by atomic mass is 32.1. The van der Waals surface area contributed by atoms with Gasteiger partial charge in [0.15, 0.2) is 0 Å². The molecular weight excluding hydrogens is 174 g/mol. The van der Waals surface area contributed by atoms with Crippen LogP contribution >= 0.6 is 0 Å². The monoisotopic (exact) mass is 187 g/mol. The van der Waals surface area contributed by atoms with Gasteiger partial charge in [-0.15, -0.1) is 0 Å². The molecule has 1 aliphatic rings. The molecule has 1 rings (SSSR count). The molecule has 1 fully saturated rings. The molecule has 0 bridgehead atoms. The molecule has 68 valence electrons. The summed E-state index contributed by atoms with van der Waals surface area (Å²) >= 11 is 4.52. The van der Waals surface area contributed by atoms with Crippen molar-refractivity contribution in [3.05, 3.63) is 0 Å². The number of carboxylic acid groups (broad SMARTS) is 1. The van der Waals surface area contributed by atoms with Gasteiger partial charge in [-0.3, -0.25) is 4.79 Å². The van der Waals surface area contributed by atoms with Crippen LogP contribution in [0.15, 0.2) is 4.36 Å². The van der Waals surface area contributed by atoms with Gasteiger partial charge in [0.25, 0.3) is 0 Å². The summed E-state index contributed by atoms with van der Waals surface area (Å²) in [5, 5.41) is 8.71. The average Bonchev–Trinajstić information content (AvgIpc) is 2.06. The molecule has 1 N–H and O–H groups in total. The lowest BCUT2D eigenvalue weighted by Crippen LogP contribution is -2.22. The van der Waals surface area contributed by atoms with Gasteiger partial charge in [0.1, 0.15) is 0 Å². The van der Waals surface area contributed by atoms with Gasteiger partial charge in [0, 0.05) is 12.4 Å². The predicted octanol–water partition coefficient (Wildman–Crippen LogP) is 1.61. The maximum absolute atomic E-state index is 10.6. The van der Waals surface area contributed by atoms with Crippen LogP contribution in [0.2, 0.25) is 0 Å². The van der Waals surface area contributed by atoms with Crippen molar-refractivity contribution in [2.75, 3.05) is 6.54 Å². The summed E-state index contributed by atoms with van der Waals surface area (Å²) in [5.74, 6) is -0.228. The van der Waals surface area contributed by atoms with Crippen molar-refractivity contribution in [1.29, 1.82) is 0 Å². The van der Waals surface area contributed by atoms with Gasteiger partial charge in [-0.05, 0) is 31.6 Å². The quantitative estimate of drug-likeness (QED) is 0.730. The van der Waals surface area contributed by atoms with E-state index in [0.717, 1.165) is 32.2 Å². The lowest BCUT2D eigenvalue weighted by Gasteiger charge is -2.24. The van der Waals surface area contributed by atoms with E-state index in [9.17, 15) is 4.79 Å². The Balaban J connectivity index is 2.29. The van der Waals surface area contributed by atoms with Crippen molar-refractivity contribution < 1.29 is 9.90 Å². The number of hydrogen-bond acceptors (Lipinski definition) is 3. The van der Waals surface area contributed by atoms with Crippen molar-refractivity contribution in [3.8, 4) is 0 Å². The average molecular weight is 187 g/mol. The van der Waals surface area contributed by atoms with E-state index in [1.165, 1.54) is 0 Å². The highest BCUT2D eigenvalue weighted by Crippen LogP contribution is 2.28. The van der Waals surface area contributed by atoms with Gasteiger partial charge in [-0.2, -0.15) is 0 Å². The molecule has 0 radical (unpaired) electrons. The van der Waals surface area contributed by atoms with Crippen LogP contribution in [0.4, 0.5) is 0 Å². The van der Waals surface area contributed by atoms with Gasteiger partial charge in [-0.25, -0.2) is 4.36 Å². The molecule has 0 unspecified atom stereocenters. The molecule has 12 heavy (non-hydrogen) atoms. The third kappa shape index (κ3) is 2.52. The second-order valence-corrected chi connectivity index (χ2v) is 3.63. The van der Waals surface area contributed by atoms with Crippen LogP contribution in [0.25, 0.3) is 0 Å². The van der Waals surface area contributed by atoms with Crippen molar-refractivity contribution in [2.24, 2.45) is 16.2 Å². The minimum Gasteiger partial charge on any atom is -0.481 e. The number of hydrogen-bond donors (Lipinski definition) is 1. The molecule has 0 aliphatic heterocycles. The Morgan fingerprint density at radius 1 is 1.42 bits per heavy atom. The van der Waals surface area contributed by atoms with Crippen LogP contribution in [0, 0.1) is 11.8 Å². The van der Waals surface area contributed by atoms with E-state index in [0.29, 0.717) is 5.92 Å². The van der Waals surface area contributed by atoms with Gasteiger partial charge in [0.2, 0.25) is 0 Å². The largest absolute Gasteiger partial charge is 0.481 e. The molecule has 0 aromatic rings. The molecule has 0 aromatic heterocycles. The Morgan fingerprint density at radius 2 is 2.00 bits per heavy atom. The summed E-state index contributed by atoms with van der Waals surface area (Å²) in [6, 6.07) is 0. The Labute approximate surface area is 77.3 Å². The van der Waals surface area contributed by atoms with Gasteiger partial charge < -0.3 is 5.11 Å². The first kappa shape index (κ1) is 9.58. The molecular formula is C8H13NO2S. The zero-order valence-electron chi connectivity index (χ0n) is 6.90. The van der Waals surface area contributed by atoms with Crippen LogP contribution in [-0.2, 0) is 17.2 Å². The molecule has 1 aliphatic carbocycles. The Hall–Kier alpha value is -0.510. The molecule has 0 aromatic carbocycles. The van der Waals surface area contributed by atoms with Crippen molar-refractivity contribution in [3.63, 3.8) is 0 Å². The number of carboxylic acids is 1. The third-order valence-corrected chi connectivity index (χ3v) is 2.68. The summed E-state index contributed by atoms with van der Waals surface area (Å²) < 4.78 is 3.67. The van der Waals surface area contributed by atoms with Crippen LogP contribution in [0.1, 0.15) is 25.7 Å². The summed E-state index contributed by atoms with van der Waals surface area (Å²) in [4.78, 5) is 10.6. The molecule has 0 saturated heterocycles. The Kier molecular flexibility index (Phi) is 3.59. The molecule has 0 amide bonds. The number of aliphatic carboxylic acids is 1. The van der Waals surface area contributed by atoms with Crippen LogP contribution in [0.5, 0.6) is 0 Å². The predicted molar refractivity (Wildman–Crippen MR) is 47.7 cm³/mol. The SMILES string of the molecule is O=C(O)C1CCC(CN=S)CC1. The molecule has 1 saturated carbocycles. The fourth-order valence-electron chi connectivity index (χ4n) is 1.70. The molecule has 0 heterocycles. The smallest absolute Gasteiger partial charge is 0.306 e. The maximum Gasteiger partial charge on any atom is 0.306 e. The third-order valence-electron chi connectivity index (χ3n) is 2.53. The molecule has 0 atom stereocenters. The number of rotatable bonds is 3. The second-order valence-electron chi connectivity index (χ2n) is 3.37. The summed E-state index contributed by atoms with van der Waals surface area (Å²) in [6.07, 6.45) is 3.53. The second kappa shape index (κ2) is 4.50.